The number of nitrogens with zero attached hydrogens (tertiary/aromatic N) is 2. The number of benzene rings is 1. The number of amides is 1. The minimum absolute atomic E-state index is 0.134. The van der Waals surface area contributed by atoms with E-state index >= 15 is 0 Å². The number of piperidine rings is 1. The Balaban J connectivity index is 1.29. The quantitative estimate of drug-likeness (QED) is 0.842. The number of rotatable bonds is 4. The van der Waals surface area contributed by atoms with Crippen LogP contribution in [0.15, 0.2) is 30.3 Å². The summed E-state index contributed by atoms with van der Waals surface area (Å²) in [5.41, 5.74) is 1.00. The van der Waals surface area contributed by atoms with E-state index in [4.69, 9.17) is 9.47 Å². The van der Waals surface area contributed by atoms with E-state index < -0.39 is 0 Å². The fraction of sp³-hybridized carbons (Fsp3) is 0.650. The van der Waals surface area contributed by atoms with Gasteiger partial charge in [0.25, 0.3) is 0 Å². The van der Waals surface area contributed by atoms with Gasteiger partial charge in [-0.15, -0.1) is 0 Å². The molecule has 0 N–H and O–H groups in total. The Kier molecular flexibility index (Phi) is 4.95. The van der Waals surface area contributed by atoms with E-state index in [1.54, 1.807) is 0 Å². The molecule has 3 saturated heterocycles. The van der Waals surface area contributed by atoms with Crippen molar-refractivity contribution in [2.75, 3.05) is 39.4 Å². The Morgan fingerprint density at radius 1 is 1.16 bits per heavy atom. The predicted octanol–water partition coefficient (Wildman–Crippen LogP) is 2.69. The van der Waals surface area contributed by atoms with Gasteiger partial charge in [-0.2, -0.15) is 0 Å². The minimum atomic E-state index is -0.264. The van der Waals surface area contributed by atoms with Crippen LogP contribution in [0.2, 0.25) is 0 Å². The van der Waals surface area contributed by atoms with Crippen molar-refractivity contribution < 1.29 is 14.3 Å². The molecule has 5 nitrogen and oxygen atoms in total. The van der Waals surface area contributed by atoms with Gasteiger partial charge in [0.05, 0.1) is 13.2 Å². The zero-order valence-corrected chi connectivity index (χ0v) is 14.9. The molecule has 0 bridgehead atoms. The van der Waals surface area contributed by atoms with Gasteiger partial charge in [0.1, 0.15) is 5.60 Å². The third kappa shape index (κ3) is 3.82. The van der Waals surface area contributed by atoms with Gasteiger partial charge in [-0.05, 0) is 24.8 Å². The van der Waals surface area contributed by atoms with E-state index in [1.807, 2.05) is 23.1 Å². The number of hydrogen-bond donors (Lipinski definition) is 0. The first-order valence-corrected chi connectivity index (χ1v) is 9.58. The van der Waals surface area contributed by atoms with Crippen molar-refractivity contribution in [3.05, 3.63) is 35.9 Å². The first-order chi connectivity index (χ1) is 12.2. The van der Waals surface area contributed by atoms with Crippen molar-refractivity contribution in [3.8, 4) is 0 Å². The summed E-state index contributed by atoms with van der Waals surface area (Å²) in [6.45, 7) is 5.26. The SMILES string of the molecule is O=C1OC2(CCN([C@H]3CCCOC3)CC2)CN1CCc1ccccc1. The molecule has 1 atom stereocenters. The lowest BCUT2D eigenvalue weighted by Crippen LogP contribution is -2.52. The Morgan fingerprint density at radius 3 is 2.68 bits per heavy atom. The second-order valence-corrected chi connectivity index (χ2v) is 7.62. The third-order valence-corrected chi connectivity index (χ3v) is 5.92. The smallest absolute Gasteiger partial charge is 0.410 e. The first kappa shape index (κ1) is 16.9. The predicted molar refractivity (Wildman–Crippen MR) is 95.6 cm³/mol. The third-order valence-electron chi connectivity index (χ3n) is 5.92. The van der Waals surface area contributed by atoms with Crippen molar-refractivity contribution in [3.63, 3.8) is 0 Å². The lowest BCUT2D eigenvalue weighted by molar-refractivity contribution is -0.0389. The van der Waals surface area contributed by atoms with Crippen molar-refractivity contribution in [2.24, 2.45) is 0 Å². The van der Waals surface area contributed by atoms with Crippen LogP contribution < -0.4 is 0 Å². The highest BCUT2D eigenvalue weighted by atomic mass is 16.6. The van der Waals surface area contributed by atoms with Crippen LogP contribution in [0.3, 0.4) is 0 Å². The van der Waals surface area contributed by atoms with Gasteiger partial charge in [0, 0.05) is 45.1 Å². The molecular weight excluding hydrogens is 316 g/mol. The van der Waals surface area contributed by atoms with Crippen molar-refractivity contribution in [1.82, 2.24) is 9.80 Å². The van der Waals surface area contributed by atoms with E-state index in [9.17, 15) is 4.79 Å². The van der Waals surface area contributed by atoms with Gasteiger partial charge in [-0.1, -0.05) is 30.3 Å². The second kappa shape index (κ2) is 7.34. The standard InChI is InChI=1S/C20H28N2O3/c23-19-22(11-8-17-5-2-1-3-6-17)16-20(25-19)9-12-21(13-10-20)18-7-4-14-24-15-18/h1-3,5-6,18H,4,7-16H2/t18-/m0/s1. The van der Waals surface area contributed by atoms with Gasteiger partial charge < -0.3 is 14.4 Å². The summed E-state index contributed by atoms with van der Waals surface area (Å²) in [6.07, 6.45) is 5.03. The molecule has 3 heterocycles. The number of likely N-dealkylation sites (tertiary alicyclic amines) is 1. The maximum absolute atomic E-state index is 12.3. The molecule has 1 aromatic rings. The van der Waals surface area contributed by atoms with E-state index in [2.05, 4.69) is 17.0 Å². The fourth-order valence-corrected chi connectivity index (χ4v) is 4.34. The summed E-state index contributed by atoms with van der Waals surface area (Å²) >= 11 is 0. The van der Waals surface area contributed by atoms with Crippen LogP contribution in [-0.4, -0.2) is 66.9 Å². The van der Waals surface area contributed by atoms with Crippen LogP contribution in [0, 0.1) is 0 Å². The highest BCUT2D eigenvalue weighted by molar-refractivity contribution is 5.70. The average Bonchev–Trinajstić information content (AvgIpc) is 2.97. The molecule has 136 valence electrons. The van der Waals surface area contributed by atoms with Gasteiger partial charge in [-0.25, -0.2) is 4.79 Å². The molecule has 0 saturated carbocycles. The monoisotopic (exact) mass is 344 g/mol. The molecule has 0 unspecified atom stereocenters. The Morgan fingerprint density at radius 2 is 1.96 bits per heavy atom. The lowest BCUT2D eigenvalue weighted by Gasteiger charge is -2.42. The fourth-order valence-electron chi connectivity index (χ4n) is 4.34. The molecule has 25 heavy (non-hydrogen) atoms. The van der Waals surface area contributed by atoms with Gasteiger partial charge in [0.15, 0.2) is 0 Å². The van der Waals surface area contributed by atoms with Crippen molar-refractivity contribution >= 4 is 6.09 Å². The summed E-state index contributed by atoms with van der Waals surface area (Å²) in [5, 5.41) is 0. The highest BCUT2D eigenvalue weighted by Crippen LogP contribution is 2.34. The first-order valence-electron chi connectivity index (χ1n) is 9.58. The van der Waals surface area contributed by atoms with Gasteiger partial charge >= 0.3 is 6.09 Å². The van der Waals surface area contributed by atoms with E-state index in [0.717, 1.165) is 65.1 Å². The zero-order chi connectivity index (χ0) is 17.1. The maximum atomic E-state index is 12.3. The van der Waals surface area contributed by atoms with Gasteiger partial charge in [0.2, 0.25) is 0 Å². The summed E-state index contributed by atoms with van der Waals surface area (Å²) in [4.78, 5) is 16.8. The average molecular weight is 344 g/mol. The van der Waals surface area contributed by atoms with Crippen LogP contribution in [0.1, 0.15) is 31.2 Å². The minimum Gasteiger partial charge on any atom is -0.441 e. The zero-order valence-electron chi connectivity index (χ0n) is 14.9. The van der Waals surface area contributed by atoms with Crippen LogP contribution in [-0.2, 0) is 15.9 Å². The summed E-state index contributed by atoms with van der Waals surface area (Å²) in [6, 6.07) is 10.9. The number of ether oxygens (including phenoxy) is 2. The molecule has 0 aromatic heterocycles. The van der Waals surface area contributed by atoms with Crippen molar-refractivity contribution in [1.29, 1.82) is 0 Å². The number of carbonyl (C=O) groups is 1. The lowest BCUT2D eigenvalue weighted by atomic mass is 9.90. The summed E-state index contributed by atoms with van der Waals surface area (Å²) in [5.74, 6) is 0. The largest absolute Gasteiger partial charge is 0.441 e. The molecule has 3 aliphatic heterocycles. The molecule has 3 fully saturated rings. The topological polar surface area (TPSA) is 42.0 Å². The number of hydrogen-bond acceptors (Lipinski definition) is 4. The van der Waals surface area contributed by atoms with E-state index in [0.29, 0.717) is 6.04 Å². The Hall–Kier alpha value is -1.59. The van der Waals surface area contributed by atoms with Crippen LogP contribution >= 0.6 is 0 Å². The number of carbonyl (C=O) groups excluding carboxylic acids is 1. The molecule has 1 amide bonds. The molecule has 1 aromatic carbocycles. The van der Waals surface area contributed by atoms with E-state index in [-0.39, 0.29) is 11.7 Å². The normalized spacial score (nSPS) is 26.8. The second-order valence-electron chi connectivity index (χ2n) is 7.62. The molecule has 1 spiro atoms. The molecule has 3 aliphatic rings. The Labute approximate surface area is 149 Å². The van der Waals surface area contributed by atoms with Crippen LogP contribution in [0.4, 0.5) is 4.79 Å². The molecular formula is C20H28N2O3. The molecule has 5 heteroatoms. The van der Waals surface area contributed by atoms with Gasteiger partial charge in [-0.3, -0.25) is 4.90 Å². The maximum Gasteiger partial charge on any atom is 0.410 e. The van der Waals surface area contributed by atoms with E-state index in [1.165, 1.54) is 12.0 Å². The Bertz CT molecular complexity index is 578. The molecule has 0 radical (unpaired) electrons. The van der Waals surface area contributed by atoms with Crippen LogP contribution in [0.25, 0.3) is 0 Å². The summed E-state index contributed by atoms with van der Waals surface area (Å²) in [7, 11) is 0. The highest BCUT2D eigenvalue weighted by Gasteiger charge is 2.47. The summed E-state index contributed by atoms with van der Waals surface area (Å²) < 4.78 is 11.5. The van der Waals surface area contributed by atoms with Crippen molar-refractivity contribution in [2.45, 2.75) is 43.7 Å². The van der Waals surface area contributed by atoms with Crippen LogP contribution in [0.5, 0.6) is 0 Å². The molecule has 4 rings (SSSR count). The molecule has 0 aliphatic carbocycles.